The number of carbonyl (C=O) groups is 1. The maximum atomic E-state index is 10.9. The standard InChI is InChI=1S/C25H24O3/c1-18-10-14-21(15-11-18)24-20(8-5-9-23(24)28-2)7-4-3-6-19-12-16-22(17-13-19)25(26)27/h4-5,7-17H,3,6H2,1-2H3,(H,26,27)/b7-4+. The minimum Gasteiger partial charge on any atom is -0.496 e. The summed E-state index contributed by atoms with van der Waals surface area (Å²) in [5.41, 5.74) is 6.01. The highest BCUT2D eigenvalue weighted by Gasteiger charge is 2.09. The molecule has 28 heavy (non-hydrogen) atoms. The van der Waals surface area contributed by atoms with Gasteiger partial charge in [-0.3, -0.25) is 0 Å². The van der Waals surface area contributed by atoms with E-state index in [0.29, 0.717) is 5.56 Å². The molecule has 0 aliphatic heterocycles. The number of allylic oxidation sites excluding steroid dienone is 1. The summed E-state index contributed by atoms with van der Waals surface area (Å²) in [5.74, 6) is -0.0385. The van der Waals surface area contributed by atoms with E-state index in [0.717, 1.165) is 40.8 Å². The molecule has 3 nitrogen and oxygen atoms in total. The van der Waals surface area contributed by atoms with Crippen LogP contribution in [0.4, 0.5) is 0 Å². The summed E-state index contributed by atoms with van der Waals surface area (Å²) >= 11 is 0. The molecule has 0 fully saturated rings. The van der Waals surface area contributed by atoms with Crippen molar-refractivity contribution in [2.45, 2.75) is 19.8 Å². The summed E-state index contributed by atoms with van der Waals surface area (Å²) in [5, 5.41) is 8.97. The third-order valence-corrected chi connectivity index (χ3v) is 4.72. The molecular weight excluding hydrogens is 348 g/mol. The molecule has 142 valence electrons. The zero-order valence-corrected chi connectivity index (χ0v) is 16.2. The smallest absolute Gasteiger partial charge is 0.335 e. The summed E-state index contributed by atoms with van der Waals surface area (Å²) in [6, 6.07) is 21.6. The summed E-state index contributed by atoms with van der Waals surface area (Å²) in [4.78, 5) is 10.9. The van der Waals surface area contributed by atoms with Gasteiger partial charge in [-0.15, -0.1) is 0 Å². The monoisotopic (exact) mass is 372 g/mol. The van der Waals surface area contributed by atoms with Crippen molar-refractivity contribution in [3.05, 3.63) is 95.1 Å². The Morgan fingerprint density at radius 2 is 1.71 bits per heavy atom. The van der Waals surface area contributed by atoms with Crippen molar-refractivity contribution in [2.24, 2.45) is 0 Å². The van der Waals surface area contributed by atoms with Gasteiger partial charge < -0.3 is 9.84 Å². The van der Waals surface area contributed by atoms with Crippen LogP contribution in [0.3, 0.4) is 0 Å². The first kappa shape index (κ1) is 19.4. The number of carboxylic acids is 1. The number of methoxy groups -OCH3 is 1. The molecule has 0 bridgehead atoms. The Hall–Kier alpha value is -3.33. The van der Waals surface area contributed by atoms with Crippen LogP contribution >= 0.6 is 0 Å². The third kappa shape index (κ3) is 4.68. The second-order valence-corrected chi connectivity index (χ2v) is 6.73. The van der Waals surface area contributed by atoms with Gasteiger partial charge in [0.1, 0.15) is 5.75 Å². The lowest BCUT2D eigenvalue weighted by Crippen LogP contribution is -1.95. The zero-order chi connectivity index (χ0) is 19.9. The van der Waals surface area contributed by atoms with Gasteiger partial charge in [-0.2, -0.15) is 0 Å². The molecule has 0 atom stereocenters. The van der Waals surface area contributed by atoms with Crippen LogP contribution in [0, 0.1) is 6.92 Å². The molecule has 0 unspecified atom stereocenters. The largest absolute Gasteiger partial charge is 0.496 e. The molecule has 0 amide bonds. The Kier molecular flexibility index (Phi) is 6.28. The fraction of sp³-hybridized carbons (Fsp3) is 0.160. The summed E-state index contributed by atoms with van der Waals surface area (Å²) in [7, 11) is 1.70. The number of rotatable bonds is 7. The molecule has 0 radical (unpaired) electrons. The van der Waals surface area contributed by atoms with E-state index in [1.807, 2.05) is 24.3 Å². The second-order valence-electron chi connectivity index (χ2n) is 6.73. The van der Waals surface area contributed by atoms with Crippen LogP contribution in [0.15, 0.2) is 72.8 Å². The number of carboxylic acid groups (broad SMARTS) is 1. The second kappa shape index (κ2) is 9.05. The van der Waals surface area contributed by atoms with Crippen LogP contribution in [0.1, 0.15) is 33.5 Å². The molecule has 0 spiro atoms. The van der Waals surface area contributed by atoms with E-state index in [2.05, 4.69) is 49.4 Å². The molecule has 3 heteroatoms. The predicted molar refractivity (Wildman–Crippen MR) is 114 cm³/mol. The van der Waals surface area contributed by atoms with E-state index in [-0.39, 0.29) is 0 Å². The lowest BCUT2D eigenvalue weighted by molar-refractivity contribution is 0.0697. The highest BCUT2D eigenvalue weighted by Crippen LogP contribution is 2.34. The fourth-order valence-electron chi connectivity index (χ4n) is 3.16. The Labute approximate surface area is 165 Å². The number of benzene rings is 3. The number of ether oxygens (including phenoxy) is 1. The van der Waals surface area contributed by atoms with Crippen LogP contribution in [0.25, 0.3) is 17.2 Å². The van der Waals surface area contributed by atoms with Gasteiger partial charge in [-0.25, -0.2) is 4.79 Å². The van der Waals surface area contributed by atoms with Crippen molar-refractivity contribution in [2.75, 3.05) is 7.11 Å². The highest BCUT2D eigenvalue weighted by atomic mass is 16.5. The average Bonchev–Trinajstić information content (AvgIpc) is 2.72. The molecule has 0 aliphatic rings. The lowest BCUT2D eigenvalue weighted by Gasteiger charge is -2.12. The highest BCUT2D eigenvalue weighted by molar-refractivity contribution is 5.87. The number of hydrogen-bond acceptors (Lipinski definition) is 2. The maximum absolute atomic E-state index is 10.9. The molecule has 3 aromatic carbocycles. The van der Waals surface area contributed by atoms with Crippen LogP contribution in [0.2, 0.25) is 0 Å². The Morgan fingerprint density at radius 3 is 2.36 bits per heavy atom. The van der Waals surface area contributed by atoms with Gasteiger partial charge in [0.05, 0.1) is 12.7 Å². The first-order valence-corrected chi connectivity index (χ1v) is 9.31. The summed E-state index contributed by atoms with van der Waals surface area (Å²) in [6.07, 6.45) is 6.01. The molecular formula is C25H24O3. The predicted octanol–water partition coefficient (Wildman–Crippen LogP) is 6.01. The van der Waals surface area contributed by atoms with Gasteiger partial charge in [0.15, 0.2) is 0 Å². The number of hydrogen-bond donors (Lipinski definition) is 1. The molecule has 0 saturated carbocycles. The van der Waals surface area contributed by atoms with E-state index in [1.54, 1.807) is 19.2 Å². The first-order valence-electron chi connectivity index (χ1n) is 9.31. The molecule has 3 rings (SSSR count). The van der Waals surface area contributed by atoms with Gasteiger partial charge >= 0.3 is 5.97 Å². The minimum atomic E-state index is -0.895. The molecule has 3 aromatic rings. The third-order valence-electron chi connectivity index (χ3n) is 4.72. The van der Waals surface area contributed by atoms with Gasteiger partial charge in [0.2, 0.25) is 0 Å². The van der Waals surface area contributed by atoms with Crippen LogP contribution in [0.5, 0.6) is 5.75 Å². The fourth-order valence-corrected chi connectivity index (χ4v) is 3.16. The first-order chi connectivity index (χ1) is 13.6. The van der Waals surface area contributed by atoms with Gasteiger partial charge in [-0.05, 0) is 54.7 Å². The summed E-state index contributed by atoms with van der Waals surface area (Å²) in [6.45, 7) is 2.08. The van der Waals surface area contributed by atoms with Gasteiger partial charge in [0, 0.05) is 5.56 Å². The Balaban J connectivity index is 1.76. The molecule has 1 N–H and O–H groups in total. The summed E-state index contributed by atoms with van der Waals surface area (Å²) < 4.78 is 5.59. The van der Waals surface area contributed by atoms with Crippen molar-refractivity contribution in [3.8, 4) is 16.9 Å². The van der Waals surface area contributed by atoms with Crippen molar-refractivity contribution in [3.63, 3.8) is 0 Å². The van der Waals surface area contributed by atoms with Crippen molar-refractivity contribution in [1.82, 2.24) is 0 Å². The maximum Gasteiger partial charge on any atom is 0.335 e. The number of aromatic carboxylic acids is 1. The molecule has 0 aromatic heterocycles. The molecule has 0 heterocycles. The van der Waals surface area contributed by atoms with Crippen molar-refractivity contribution >= 4 is 12.0 Å². The quantitative estimate of drug-likeness (QED) is 0.552. The Morgan fingerprint density at radius 1 is 1.00 bits per heavy atom. The zero-order valence-electron chi connectivity index (χ0n) is 16.2. The molecule has 0 saturated heterocycles. The van der Waals surface area contributed by atoms with Gasteiger partial charge in [-0.1, -0.05) is 66.2 Å². The molecule has 0 aliphatic carbocycles. The normalized spacial score (nSPS) is 10.9. The lowest BCUT2D eigenvalue weighted by atomic mass is 9.97. The number of aryl methyl sites for hydroxylation is 2. The van der Waals surface area contributed by atoms with E-state index in [1.165, 1.54) is 5.56 Å². The Bertz CT molecular complexity index is 968. The van der Waals surface area contributed by atoms with E-state index < -0.39 is 5.97 Å². The van der Waals surface area contributed by atoms with E-state index in [4.69, 9.17) is 9.84 Å². The topological polar surface area (TPSA) is 46.5 Å². The van der Waals surface area contributed by atoms with E-state index in [9.17, 15) is 4.79 Å². The van der Waals surface area contributed by atoms with Gasteiger partial charge in [0.25, 0.3) is 0 Å². The van der Waals surface area contributed by atoms with Crippen LogP contribution in [-0.2, 0) is 6.42 Å². The van der Waals surface area contributed by atoms with Crippen LogP contribution < -0.4 is 4.74 Å². The SMILES string of the molecule is COc1cccc(/C=C/CCc2ccc(C(=O)O)cc2)c1-c1ccc(C)cc1. The minimum absolute atomic E-state index is 0.318. The van der Waals surface area contributed by atoms with Crippen molar-refractivity contribution in [1.29, 1.82) is 0 Å². The average molecular weight is 372 g/mol. The van der Waals surface area contributed by atoms with Crippen LogP contribution in [-0.4, -0.2) is 18.2 Å². The van der Waals surface area contributed by atoms with Crippen molar-refractivity contribution < 1.29 is 14.6 Å². The van der Waals surface area contributed by atoms with E-state index >= 15 is 0 Å².